The van der Waals surface area contributed by atoms with Gasteiger partial charge >= 0.3 is 0 Å². The zero-order chi connectivity index (χ0) is 34.3. The van der Waals surface area contributed by atoms with Crippen LogP contribution in [0.5, 0.6) is 23.0 Å². The summed E-state index contributed by atoms with van der Waals surface area (Å²) in [4.78, 5) is 2.32. The van der Waals surface area contributed by atoms with Crippen LogP contribution in [0.25, 0.3) is 38.3 Å². The lowest BCUT2D eigenvalue weighted by molar-refractivity contribution is 0.464. The number of aryl methyl sites for hydroxylation is 1. The molecule has 9 aromatic rings. The van der Waals surface area contributed by atoms with Crippen LogP contribution in [-0.4, -0.2) is 11.3 Å². The maximum absolute atomic E-state index is 6.81. The van der Waals surface area contributed by atoms with Gasteiger partial charge in [-0.1, -0.05) is 91.0 Å². The molecule has 0 atom stereocenters. The van der Waals surface area contributed by atoms with E-state index in [0.717, 1.165) is 78.6 Å². The Bertz CT molecular complexity index is 2830. The van der Waals surface area contributed by atoms with Gasteiger partial charge in [-0.05, 0) is 108 Å². The fraction of sp³-hybridized carbons (Fsp3) is 0.0213. The van der Waals surface area contributed by atoms with Gasteiger partial charge in [0.2, 0.25) is 0 Å². The number of hydrogen-bond acceptors (Lipinski definition) is 3. The summed E-state index contributed by atoms with van der Waals surface area (Å²) in [5.74, 6) is 3.53. The first-order valence-electron chi connectivity index (χ1n) is 17.8. The van der Waals surface area contributed by atoms with Crippen molar-refractivity contribution in [3.63, 3.8) is 0 Å². The van der Waals surface area contributed by atoms with Gasteiger partial charge in [0.15, 0.2) is 0 Å². The molecule has 0 aliphatic carbocycles. The van der Waals surface area contributed by atoms with Gasteiger partial charge in [-0.2, -0.15) is 0 Å². The predicted molar refractivity (Wildman–Crippen MR) is 215 cm³/mol. The first-order valence-corrected chi connectivity index (χ1v) is 17.8. The van der Waals surface area contributed by atoms with E-state index in [1.165, 1.54) is 21.7 Å². The summed E-state index contributed by atoms with van der Waals surface area (Å²) in [6.45, 7) is 2.09. The van der Waals surface area contributed by atoms with Crippen LogP contribution in [0.4, 0.5) is 17.1 Å². The van der Waals surface area contributed by atoms with Crippen LogP contribution in [0.1, 0.15) is 5.56 Å². The lowest BCUT2D eigenvalue weighted by Crippen LogP contribution is -2.57. The molecule has 3 heterocycles. The zero-order valence-electron chi connectivity index (χ0n) is 28.5. The van der Waals surface area contributed by atoms with E-state index in [4.69, 9.17) is 9.47 Å². The van der Waals surface area contributed by atoms with E-state index in [1.54, 1.807) is 0 Å². The Morgan fingerprint density at radius 2 is 1.12 bits per heavy atom. The zero-order valence-corrected chi connectivity index (χ0v) is 28.5. The molecule has 1 aromatic heterocycles. The molecule has 11 rings (SSSR count). The molecule has 5 heteroatoms. The molecule has 244 valence electrons. The highest BCUT2D eigenvalue weighted by Crippen LogP contribution is 2.43. The van der Waals surface area contributed by atoms with Crippen LogP contribution in [0, 0.1) is 6.92 Å². The van der Waals surface area contributed by atoms with Gasteiger partial charge in [-0.25, -0.2) is 0 Å². The summed E-state index contributed by atoms with van der Waals surface area (Å²) in [5, 5.41) is 4.72. The van der Waals surface area contributed by atoms with E-state index in [-0.39, 0.29) is 6.71 Å². The van der Waals surface area contributed by atoms with Gasteiger partial charge in [0.25, 0.3) is 6.71 Å². The molecule has 0 fully saturated rings. The normalized spacial score (nSPS) is 12.6. The van der Waals surface area contributed by atoms with Crippen molar-refractivity contribution in [3.05, 3.63) is 175 Å². The first kappa shape index (κ1) is 29.1. The molecule has 0 unspecified atom stereocenters. The molecule has 0 amide bonds. The van der Waals surface area contributed by atoms with Crippen molar-refractivity contribution in [1.82, 2.24) is 4.57 Å². The molecule has 0 N–H and O–H groups in total. The minimum Gasteiger partial charge on any atom is -0.458 e. The molecule has 0 saturated carbocycles. The van der Waals surface area contributed by atoms with Crippen LogP contribution in [0.15, 0.2) is 170 Å². The number of benzene rings is 8. The third kappa shape index (κ3) is 4.29. The van der Waals surface area contributed by atoms with Crippen molar-refractivity contribution in [2.24, 2.45) is 0 Å². The quantitative estimate of drug-likeness (QED) is 0.175. The number of hydrogen-bond donors (Lipinski definition) is 0. The van der Waals surface area contributed by atoms with E-state index >= 15 is 0 Å². The van der Waals surface area contributed by atoms with Crippen LogP contribution in [0.2, 0.25) is 0 Å². The summed E-state index contributed by atoms with van der Waals surface area (Å²) >= 11 is 0. The molecule has 8 aromatic carbocycles. The van der Waals surface area contributed by atoms with Gasteiger partial charge in [0.05, 0.1) is 11.0 Å². The van der Waals surface area contributed by atoms with E-state index in [0.29, 0.717) is 0 Å². The second-order valence-corrected chi connectivity index (χ2v) is 13.8. The van der Waals surface area contributed by atoms with Gasteiger partial charge in [-0.15, -0.1) is 0 Å². The highest BCUT2D eigenvalue weighted by Gasteiger charge is 2.40. The summed E-state index contributed by atoms with van der Waals surface area (Å²) in [5.41, 5.74) is 11.3. The monoisotopic (exact) mass is 666 g/mol. The summed E-state index contributed by atoms with van der Waals surface area (Å²) < 4.78 is 15.7. The molecule has 0 bridgehead atoms. The van der Waals surface area contributed by atoms with Gasteiger partial charge < -0.3 is 18.9 Å². The SMILES string of the molecule is Cc1cc2c3c(c1)Oc1cc4c5ccc6cc(N(c7ccccc7)c7ccccc7)ccc6c5n(-c5ccccc5)c4cc1B3c1ccccc1O2. The number of para-hydroxylation sites is 4. The van der Waals surface area contributed by atoms with Crippen molar-refractivity contribution in [1.29, 1.82) is 0 Å². The smallest absolute Gasteiger partial charge is 0.260 e. The van der Waals surface area contributed by atoms with Crippen LogP contribution in [0.3, 0.4) is 0 Å². The summed E-state index contributed by atoms with van der Waals surface area (Å²) in [7, 11) is 0. The number of anilines is 3. The average Bonchev–Trinajstić information content (AvgIpc) is 3.51. The highest BCUT2D eigenvalue weighted by molar-refractivity contribution is 6.98. The number of nitrogens with zero attached hydrogens (tertiary/aromatic N) is 2. The van der Waals surface area contributed by atoms with Gasteiger partial charge in [0.1, 0.15) is 23.0 Å². The number of aromatic nitrogens is 1. The summed E-state index contributed by atoms with van der Waals surface area (Å²) in [6.07, 6.45) is 0. The van der Waals surface area contributed by atoms with Crippen molar-refractivity contribution in [2.45, 2.75) is 6.92 Å². The molecule has 2 aliphatic rings. The number of fused-ring (bicyclic) bond motifs is 9. The molecular formula is C47H31BN2O2. The largest absolute Gasteiger partial charge is 0.458 e. The Balaban J connectivity index is 1.18. The lowest BCUT2D eigenvalue weighted by atomic mass is 9.35. The van der Waals surface area contributed by atoms with Crippen LogP contribution >= 0.6 is 0 Å². The summed E-state index contributed by atoms with van der Waals surface area (Å²) in [6, 6.07) is 60.6. The first-order chi connectivity index (χ1) is 25.7. The Hall–Kier alpha value is -6.72. The van der Waals surface area contributed by atoms with E-state index < -0.39 is 0 Å². The number of rotatable bonds is 4. The van der Waals surface area contributed by atoms with Crippen LogP contribution < -0.4 is 30.8 Å². The fourth-order valence-corrected chi connectivity index (χ4v) is 8.48. The van der Waals surface area contributed by atoms with Gasteiger partial charge in [0, 0.05) is 44.4 Å². The molecule has 52 heavy (non-hydrogen) atoms. The average molecular weight is 667 g/mol. The van der Waals surface area contributed by atoms with Gasteiger partial charge in [-0.3, -0.25) is 0 Å². The minimum atomic E-state index is -0.00723. The topological polar surface area (TPSA) is 26.6 Å². The molecular weight excluding hydrogens is 635 g/mol. The lowest BCUT2D eigenvalue weighted by Gasteiger charge is -2.33. The maximum Gasteiger partial charge on any atom is 0.260 e. The fourth-order valence-electron chi connectivity index (χ4n) is 8.48. The minimum absolute atomic E-state index is 0.00723. The highest BCUT2D eigenvalue weighted by atomic mass is 16.5. The van der Waals surface area contributed by atoms with Crippen molar-refractivity contribution >= 4 is 72.7 Å². The van der Waals surface area contributed by atoms with E-state index in [2.05, 4.69) is 180 Å². The molecule has 0 spiro atoms. The number of ether oxygens (including phenoxy) is 2. The van der Waals surface area contributed by atoms with E-state index in [9.17, 15) is 0 Å². The second kappa shape index (κ2) is 11.1. The molecule has 0 saturated heterocycles. The standard InChI is InChI=1S/C47H31BN2O2/c1-30-25-44-46-45(26-30)52-43-28-38-37-23-21-31-27-35(49(32-13-5-2-6-14-32)33-15-7-3-8-16-33)22-24-36(31)47(37)50(34-17-9-4-10-18-34)41(38)29-40(43)48(46)39-19-11-12-20-42(39)51-44/h2-29H,1H3. The van der Waals surface area contributed by atoms with E-state index in [1.807, 2.05) is 6.07 Å². The van der Waals surface area contributed by atoms with Crippen molar-refractivity contribution in [3.8, 4) is 28.7 Å². The molecule has 2 aliphatic heterocycles. The van der Waals surface area contributed by atoms with Crippen molar-refractivity contribution in [2.75, 3.05) is 4.90 Å². The Morgan fingerprint density at radius 1 is 0.481 bits per heavy atom. The third-order valence-electron chi connectivity index (χ3n) is 10.7. The second-order valence-electron chi connectivity index (χ2n) is 13.8. The predicted octanol–water partition coefficient (Wildman–Crippen LogP) is 10.4. The van der Waals surface area contributed by atoms with Crippen molar-refractivity contribution < 1.29 is 9.47 Å². The Labute approximate surface area is 301 Å². The third-order valence-corrected chi connectivity index (χ3v) is 10.7. The Kier molecular flexibility index (Phi) is 6.23. The molecule has 4 nitrogen and oxygen atoms in total. The Morgan fingerprint density at radius 3 is 1.85 bits per heavy atom. The van der Waals surface area contributed by atoms with Crippen LogP contribution in [-0.2, 0) is 0 Å². The maximum atomic E-state index is 6.81. The molecule has 0 radical (unpaired) electrons.